The van der Waals surface area contributed by atoms with E-state index in [4.69, 9.17) is 5.26 Å². The molecule has 2 rings (SSSR count). The van der Waals surface area contributed by atoms with Gasteiger partial charge in [-0.2, -0.15) is 5.26 Å². The number of nitrogens with zero attached hydrogens (tertiary/aromatic N) is 3. The second-order valence-corrected chi connectivity index (χ2v) is 3.92. The number of hydrogen-bond acceptors (Lipinski definition) is 3. The zero-order valence-corrected chi connectivity index (χ0v) is 9.60. The van der Waals surface area contributed by atoms with Gasteiger partial charge in [0.1, 0.15) is 0 Å². The number of fused-ring (bicyclic) bond motifs is 1. The van der Waals surface area contributed by atoms with Gasteiger partial charge in [0.2, 0.25) is 5.91 Å². The Bertz CT molecular complexity index is 545. The highest BCUT2D eigenvalue weighted by Crippen LogP contribution is 2.30. The van der Waals surface area contributed by atoms with Gasteiger partial charge in [0.25, 0.3) is 0 Å². The van der Waals surface area contributed by atoms with E-state index in [0.29, 0.717) is 12.1 Å². The van der Waals surface area contributed by atoms with E-state index in [1.54, 1.807) is 36.2 Å². The van der Waals surface area contributed by atoms with Gasteiger partial charge in [-0.05, 0) is 23.8 Å². The Kier molecular flexibility index (Phi) is 2.56. The average molecular weight is 229 g/mol. The molecule has 17 heavy (non-hydrogen) atoms. The van der Waals surface area contributed by atoms with Crippen molar-refractivity contribution in [1.29, 1.82) is 5.26 Å². The number of amides is 2. The van der Waals surface area contributed by atoms with Gasteiger partial charge in [0, 0.05) is 25.5 Å². The average Bonchev–Trinajstić information content (AvgIpc) is 2.62. The molecule has 86 valence electrons. The Balaban J connectivity index is 2.37. The number of carbonyl (C=O) groups is 2. The van der Waals surface area contributed by atoms with Crippen LogP contribution in [0.4, 0.5) is 11.4 Å². The number of carbonyl (C=O) groups excluding carboxylic acids is 2. The third-order valence-corrected chi connectivity index (χ3v) is 2.93. The molecule has 1 aliphatic rings. The van der Waals surface area contributed by atoms with Crippen molar-refractivity contribution in [3.63, 3.8) is 0 Å². The van der Waals surface area contributed by atoms with Gasteiger partial charge in [-0.25, -0.2) is 0 Å². The lowest BCUT2D eigenvalue weighted by molar-refractivity contribution is -0.117. The SMILES string of the molecule is CN(C(=O)C#N)c1ccc2c(c1)CC(=O)N2C. The fourth-order valence-electron chi connectivity index (χ4n) is 1.86. The monoisotopic (exact) mass is 229 g/mol. The molecule has 5 heteroatoms. The standard InChI is InChI=1S/C12H11N3O2/c1-14(12(17)7-13)9-3-4-10-8(5-9)6-11(16)15(10)2/h3-5H,6H2,1-2H3. The van der Waals surface area contributed by atoms with Crippen LogP contribution < -0.4 is 9.80 Å². The smallest absolute Gasteiger partial charge is 0.315 e. The molecule has 1 aromatic carbocycles. The van der Waals surface area contributed by atoms with Crippen LogP contribution in [0, 0.1) is 11.3 Å². The van der Waals surface area contributed by atoms with Crippen molar-refractivity contribution in [2.45, 2.75) is 6.42 Å². The van der Waals surface area contributed by atoms with Crippen molar-refractivity contribution in [2.24, 2.45) is 0 Å². The molecule has 0 atom stereocenters. The fourth-order valence-corrected chi connectivity index (χ4v) is 1.86. The van der Waals surface area contributed by atoms with Gasteiger partial charge >= 0.3 is 5.91 Å². The zero-order chi connectivity index (χ0) is 12.6. The molecular weight excluding hydrogens is 218 g/mol. The van der Waals surface area contributed by atoms with Crippen LogP contribution in [0.3, 0.4) is 0 Å². The first-order valence-corrected chi connectivity index (χ1v) is 5.12. The molecule has 0 N–H and O–H groups in total. The van der Waals surface area contributed by atoms with Gasteiger partial charge in [-0.15, -0.1) is 0 Å². The molecule has 0 bridgehead atoms. The van der Waals surface area contributed by atoms with Gasteiger partial charge in [0.05, 0.1) is 6.42 Å². The maximum absolute atomic E-state index is 11.5. The summed E-state index contributed by atoms with van der Waals surface area (Å²) in [7, 11) is 3.26. The van der Waals surface area contributed by atoms with E-state index in [-0.39, 0.29) is 5.91 Å². The summed E-state index contributed by atoms with van der Waals surface area (Å²) in [6.45, 7) is 0. The normalized spacial score (nSPS) is 13.2. The lowest BCUT2D eigenvalue weighted by Crippen LogP contribution is -2.24. The van der Waals surface area contributed by atoms with E-state index in [9.17, 15) is 9.59 Å². The minimum Gasteiger partial charge on any atom is -0.315 e. The van der Waals surface area contributed by atoms with Crippen LogP contribution in [-0.2, 0) is 16.0 Å². The quantitative estimate of drug-likeness (QED) is 0.665. The molecule has 5 nitrogen and oxygen atoms in total. The van der Waals surface area contributed by atoms with Crippen molar-refractivity contribution in [1.82, 2.24) is 0 Å². The van der Waals surface area contributed by atoms with Crippen LogP contribution in [0.1, 0.15) is 5.56 Å². The van der Waals surface area contributed by atoms with E-state index < -0.39 is 5.91 Å². The lowest BCUT2D eigenvalue weighted by Gasteiger charge is -2.15. The van der Waals surface area contributed by atoms with E-state index in [0.717, 1.165) is 11.3 Å². The molecule has 0 saturated carbocycles. The highest BCUT2D eigenvalue weighted by Gasteiger charge is 2.24. The summed E-state index contributed by atoms with van der Waals surface area (Å²) in [5, 5.41) is 8.54. The number of anilines is 2. The molecule has 2 amide bonds. The molecule has 1 heterocycles. The molecule has 1 aliphatic heterocycles. The highest BCUT2D eigenvalue weighted by atomic mass is 16.2. The van der Waals surface area contributed by atoms with Crippen molar-refractivity contribution in [2.75, 3.05) is 23.9 Å². The molecule has 0 aliphatic carbocycles. The van der Waals surface area contributed by atoms with Gasteiger partial charge in [0.15, 0.2) is 6.07 Å². The molecule has 1 aromatic rings. The predicted octanol–water partition coefficient (Wildman–Crippen LogP) is 0.692. The Morgan fingerprint density at radius 2 is 2.24 bits per heavy atom. The van der Waals surface area contributed by atoms with Crippen molar-refractivity contribution in [3.8, 4) is 6.07 Å². The highest BCUT2D eigenvalue weighted by molar-refractivity contribution is 6.05. The van der Waals surface area contributed by atoms with Crippen molar-refractivity contribution in [3.05, 3.63) is 23.8 Å². The number of likely N-dealkylation sites (N-methyl/N-ethyl adjacent to an activating group) is 1. The number of benzene rings is 1. The Hall–Kier alpha value is -2.35. The Morgan fingerprint density at radius 3 is 2.88 bits per heavy atom. The lowest BCUT2D eigenvalue weighted by atomic mass is 10.1. The first-order valence-electron chi connectivity index (χ1n) is 5.12. The second-order valence-electron chi connectivity index (χ2n) is 3.92. The van der Waals surface area contributed by atoms with Crippen LogP contribution in [0.15, 0.2) is 18.2 Å². The maximum Gasteiger partial charge on any atom is 0.329 e. The van der Waals surface area contributed by atoms with Crippen LogP contribution >= 0.6 is 0 Å². The van der Waals surface area contributed by atoms with E-state index in [1.807, 2.05) is 0 Å². The first kappa shape index (κ1) is 11.1. The topological polar surface area (TPSA) is 64.4 Å². The molecule has 0 radical (unpaired) electrons. The van der Waals surface area contributed by atoms with Gasteiger partial charge in [-0.3, -0.25) is 9.59 Å². The van der Waals surface area contributed by atoms with Crippen LogP contribution in [0.5, 0.6) is 0 Å². The third-order valence-electron chi connectivity index (χ3n) is 2.93. The van der Waals surface area contributed by atoms with Gasteiger partial charge < -0.3 is 9.80 Å². The van der Waals surface area contributed by atoms with Crippen LogP contribution in [-0.4, -0.2) is 25.9 Å². The Labute approximate surface area is 98.9 Å². The molecule has 0 unspecified atom stereocenters. The maximum atomic E-state index is 11.5. The van der Waals surface area contributed by atoms with Gasteiger partial charge in [-0.1, -0.05) is 0 Å². The number of rotatable bonds is 1. The molecule has 0 saturated heterocycles. The zero-order valence-electron chi connectivity index (χ0n) is 9.60. The number of nitriles is 1. The summed E-state index contributed by atoms with van der Waals surface area (Å²) in [5.41, 5.74) is 2.36. The molecule has 0 spiro atoms. The summed E-state index contributed by atoms with van der Waals surface area (Å²) < 4.78 is 0. The van der Waals surface area contributed by atoms with Crippen LogP contribution in [0.25, 0.3) is 0 Å². The summed E-state index contributed by atoms with van der Waals surface area (Å²) in [6, 6.07) is 6.84. The summed E-state index contributed by atoms with van der Waals surface area (Å²) in [4.78, 5) is 25.6. The minimum absolute atomic E-state index is 0.0337. The van der Waals surface area contributed by atoms with E-state index in [1.165, 1.54) is 11.9 Å². The third kappa shape index (κ3) is 1.74. The largest absolute Gasteiger partial charge is 0.329 e. The van der Waals surface area contributed by atoms with Crippen molar-refractivity contribution < 1.29 is 9.59 Å². The summed E-state index contributed by atoms with van der Waals surface area (Å²) in [5.74, 6) is -0.589. The molecule has 0 aromatic heterocycles. The van der Waals surface area contributed by atoms with Crippen molar-refractivity contribution >= 4 is 23.2 Å². The summed E-state index contributed by atoms with van der Waals surface area (Å²) in [6.07, 6.45) is 0.342. The van der Waals surface area contributed by atoms with E-state index in [2.05, 4.69) is 0 Å². The first-order chi connectivity index (χ1) is 8.04. The number of hydrogen-bond donors (Lipinski definition) is 0. The predicted molar refractivity (Wildman–Crippen MR) is 62.6 cm³/mol. The van der Waals surface area contributed by atoms with E-state index >= 15 is 0 Å². The fraction of sp³-hybridized carbons (Fsp3) is 0.250. The summed E-state index contributed by atoms with van der Waals surface area (Å²) >= 11 is 0. The minimum atomic E-state index is -0.623. The van der Waals surface area contributed by atoms with Crippen LogP contribution in [0.2, 0.25) is 0 Å². The molecule has 0 fully saturated rings. The second kappa shape index (κ2) is 3.91. The molecular formula is C12H11N3O2. The Morgan fingerprint density at radius 1 is 1.53 bits per heavy atom.